The van der Waals surface area contributed by atoms with Gasteiger partial charge < -0.3 is 9.84 Å². The molecule has 0 radical (unpaired) electrons. The zero-order valence-corrected chi connectivity index (χ0v) is 12.2. The van der Waals surface area contributed by atoms with Gasteiger partial charge in [0.2, 0.25) is 0 Å². The SMILES string of the molecule is C=C(C(=O)OC)[C@@H]1CC[C@@]2(C)CC[C@H](O)C(C)=C2C1. The lowest BCUT2D eigenvalue weighted by Crippen LogP contribution is -2.36. The van der Waals surface area contributed by atoms with Crippen LogP contribution in [0.3, 0.4) is 0 Å². The number of ether oxygens (including phenoxy) is 1. The average molecular weight is 264 g/mol. The molecule has 0 aromatic rings. The highest BCUT2D eigenvalue weighted by atomic mass is 16.5. The summed E-state index contributed by atoms with van der Waals surface area (Å²) >= 11 is 0. The summed E-state index contributed by atoms with van der Waals surface area (Å²) in [6, 6.07) is 0. The van der Waals surface area contributed by atoms with Crippen molar-refractivity contribution in [2.45, 2.75) is 52.1 Å². The fourth-order valence-electron chi connectivity index (χ4n) is 3.62. The Hall–Kier alpha value is -1.09. The van der Waals surface area contributed by atoms with Gasteiger partial charge in [-0.2, -0.15) is 0 Å². The molecule has 0 unspecified atom stereocenters. The second-order valence-corrected chi connectivity index (χ2v) is 6.23. The molecule has 2 aliphatic rings. The van der Waals surface area contributed by atoms with Gasteiger partial charge in [-0.25, -0.2) is 4.79 Å². The van der Waals surface area contributed by atoms with Gasteiger partial charge in [0.1, 0.15) is 0 Å². The van der Waals surface area contributed by atoms with Crippen molar-refractivity contribution in [3.8, 4) is 0 Å². The van der Waals surface area contributed by atoms with Crippen LogP contribution in [0.1, 0.15) is 46.0 Å². The van der Waals surface area contributed by atoms with E-state index < -0.39 is 0 Å². The molecule has 3 atom stereocenters. The Labute approximate surface area is 115 Å². The average Bonchev–Trinajstić information content (AvgIpc) is 2.41. The smallest absolute Gasteiger partial charge is 0.333 e. The highest BCUT2D eigenvalue weighted by Gasteiger charge is 2.41. The van der Waals surface area contributed by atoms with E-state index in [-0.39, 0.29) is 23.4 Å². The van der Waals surface area contributed by atoms with Crippen molar-refractivity contribution >= 4 is 5.97 Å². The number of aliphatic hydroxyl groups is 1. The molecule has 0 aliphatic heterocycles. The molecule has 0 bridgehead atoms. The number of carbonyl (C=O) groups excluding carboxylic acids is 1. The normalized spacial score (nSPS) is 34.7. The minimum atomic E-state index is -0.312. The third-order valence-electron chi connectivity index (χ3n) is 5.11. The first-order chi connectivity index (χ1) is 8.89. The van der Waals surface area contributed by atoms with E-state index in [0.717, 1.165) is 37.7 Å². The lowest BCUT2D eigenvalue weighted by atomic mass is 9.60. The summed E-state index contributed by atoms with van der Waals surface area (Å²) in [4.78, 5) is 11.6. The Morgan fingerprint density at radius 3 is 2.68 bits per heavy atom. The Morgan fingerprint density at radius 1 is 1.42 bits per heavy atom. The van der Waals surface area contributed by atoms with E-state index in [9.17, 15) is 9.90 Å². The first-order valence-electron chi connectivity index (χ1n) is 7.04. The van der Waals surface area contributed by atoms with Crippen LogP contribution >= 0.6 is 0 Å². The van der Waals surface area contributed by atoms with Gasteiger partial charge in [-0.05, 0) is 55.9 Å². The monoisotopic (exact) mass is 264 g/mol. The van der Waals surface area contributed by atoms with Crippen molar-refractivity contribution in [3.05, 3.63) is 23.3 Å². The van der Waals surface area contributed by atoms with Crippen LogP contribution in [0.15, 0.2) is 23.3 Å². The summed E-state index contributed by atoms with van der Waals surface area (Å²) in [5.41, 5.74) is 3.23. The molecule has 0 aromatic heterocycles. The van der Waals surface area contributed by atoms with Crippen molar-refractivity contribution < 1.29 is 14.6 Å². The third-order valence-corrected chi connectivity index (χ3v) is 5.11. The van der Waals surface area contributed by atoms with Crippen LogP contribution in [-0.4, -0.2) is 24.3 Å². The van der Waals surface area contributed by atoms with Crippen LogP contribution < -0.4 is 0 Å². The molecule has 1 fully saturated rings. The highest BCUT2D eigenvalue weighted by molar-refractivity contribution is 5.88. The molecular formula is C16H24O3. The first-order valence-corrected chi connectivity index (χ1v) is 7.04. The zero-order chi connectivity index (χ0) is 14.2. The predicted molar refractivity (Wildman–Crippen MR) is 74.5 cm³/mol. The molecule has 19 heavy (non-hydrogen) atoms. The summed E-state index contributed by atoms with van der Waals surface area (Å²) < 4.78 is 4.77. The van der Waals surface area contributed by atoms with Gasteiger partial charge in [-0.1, -0.05) is 19.1 Å². The van der Waals surface area contributed by atoms with Crippen LogP contribution in [0, 0.1) is 11.3 Å². The van der Waals surface area contributed by atoms with Gasteiger partial charge in [-0.3, -0.25) is 0 Å². The molecule has 2 aliphatic carbocycles. The number of aliphatic hydroxyl groups excluding tert-OH is 1. The van der Waals surface area contributed by atoms with Crippen LogP contribution in [0.25, 0.3) is 0 Å². The van der Waals surface area contributed by atoms with Crippen molar-refractivity contribution in [3.63, 3.8) is 0 Å². The fourth-order valence-corrected chi connectivity index (χ4v) is 3.62. The standard InChI is InChI=1S/C16H24O3/c1-10(15(18)19-4)12-5-7-16(3)8-6-14(17)11(2)13(16)9-12/h12,14,17H,1,5-9H2,2-4H3/t12-,14+,16+/m1/s1. The molecule has 0 saturated heterocycles. The number of carbonyl (C=O) groups is 1. The third kappa shape index (κ3) is 2.48. The molecule has 106 valence electrons. The van der Waals surface area contributed by atoms with E-state index in [1.165, 1.54) is 12.7 Å². The number of hydrogen-bond donors (Lipinski definition) is 1. The summed E-state index contributed by atoms with van der Waals surface area (Å²) in [6.45, 7) is 8.21. The number of methoxy groups -OCH3 is 1. The molecule has 0 heterocycles. The number of rotatable bonds is 2. The quantitative estimate of drug-likeness (QED) is 0.474. The van der Waals surface area contributed by atoms with Crippen molar-refractivity contribution in [1.82, 2.24) is 0 Å². The Kier molecular flexibility index (Phi) is 3.86. The number of hydrogen-bond acceptors (Lipinski definition) is 3. The van der Waals surface area contributed by atoms with Crippen LogP contribution in [0.4, 0.5) is 0 Å². The van der Waals surface area contributed by atoms with Gasteiger partial charge in [0.15, 0.2) is 0 Å². The maximum Gasteiger partial charge on any atom is 0.333 e. The van der Waals surface area contributed by atoms with Crippen LogP contribution in [0.2, 0.25) is 0 Å². The number of esters is 1. The fraction of sp³-hybridized carbons (Fsp3) is 0.688. The van der Waals surface area contributed by atoms with E-state index in [2.05, 4.69) is 13.5 Å². The molecule has 1 saturated carbocycles. The highest BCUT2D eigenvalue weighted by Crippen LogP contribution is 2.52. The first kappa shape index (κ1) is 14.3. The minimum absolute atomic E-state index is 0.163. The second-order valence-electron chi connectivity index (χ2n) is 6.23. The summed E-state index contributed by atoms with van der Waals surface area (Å²) in [5.74, 6) is -0.140. The van der Waals surface area contributed by atoms with Gasteiger partial charge in [-0.15, -0.1) is 0 Å². The van der Waals surface area contributed by atoms with Gasteiger partial charge in [0, 0.05) is 5.57 Å². The molecular weight excluding hydrogens is 240 g/mol. The molecule has 2 rings (SSSR count). The zero-order valence-electron chi connectivity index (χ0n) is 12.2. The predicted octanol–water partition coefficient (Wildman–Crippen LogP) is 2.99. The lowest BCUT2D eigenvalue weighted by molar-refractivity contribution is -0.136. The van der Waals surface area contributed by atoms with Crippen molar-refractivity contribution in [1.29, 1.82) is 0 Å². The molecule has 3 nitrogen and oxygen atoms in total. The van der Waals surface area contributed by atoms with Gasteiger partial charge in [0.05, 0.1) is 13.2 Å². The lowest BCUT2D eigenvalue weighted by Gasteiger charge is -2.45. The van der Waals surface area contributed by atoms with Crippen LogP contribution in [0.5, 0.6) is 0 Å². The topological polar surface area (TPSA) is 46.5 Å². The largest absolute Gasteiger partial charge is 0.466 e. The Morgan fingerprint density at radius 2 is 2.05 bits per heavy atom. The van der Waals surface area contributed by atoms with Crippen molar-refractivity contribution in [2.75, 3.05) is 7.11 Å². The Balaban J connectivity index is 2.23. The Bertz CT molecular complexity index is 435. The summed E-state index contributed by atoms with van der Waals surface area (Å²) in [5, 5.41) is 10.0. The van der Waals surface area contributed by atoms with E-state index in [0.29, 0.717) is 5.57 Å². The molecule has 0 aromatic carbocycles. The van der Waals surface area contributed by atoms with Crippen LogP contribution in [-0.2, 0) is 9.53 Å². The second kappa shape index (κ2) is 5.12. The van der Waals surface area contributed by atoms with E-state index in [1.54, 1.807) is 0 Å². The molecule has 0 spiro atoms. The van der Waals surface area contributed by atoms with Gasteiger partial charge >= 0.3 is 5.97 Å². The van der Waals surface area contributed by atoms with E-state index in [1.807, 2.05) is 6.92 Å². The van der Waals surface area contributed by atoms with Crippen molar-refractivity contribution in [2.24, 2.45) is 11.3 Å². The molecule has 0 amide bonds. The number of allylic oxidation sites excluding steroid dienone is 1. The molecule has 1 N–H and O–H groups in total. The molecule has 3 heteroatoms. The van der Waals surface area contributed by atoms with E-state index in [4.69, 9.17) is 4.74 Å². The summed E-state index contributed by atoms with van der Waals surface area (Å²) in [6.07, 6.45) is 4.47. The number of fused-ring (bicyclic) bond motifs is 1. The van der Waals surface area contributed by atoms with Gasteiger partial charge in [0.25, 0.3) is 0 Å². The maximum atomic E-state index is 11.6. The maximum absolute atomic E-state index is 11.6. The summed E-state index contributed by atoms with van der Waals surface area (Å²) in [7, 11) is 1.40. The minimum Gasteiger partial charge on any atom is -0.466 e. The van der Waals surface area contributed by atoms with E-state index >= 15 is 0 Å².